The maximum Gasteiger partial charge on any atom is 0.406 e. The van der Waals surface area contributed by atoms with Crippen LogP contribution in [0.1, 0.15) is 24.6 Å². The van der Waals surface area contributed by atoms with Crippen molar-refractivity contribution in [1.29, 1.82) is 0 Å². The van der Waals surface area contributed by atoms with Crippen molar-refractivity contribution in [2.75, 3.05) is 5.32 Å². The molecule has 8 heteroatoms. The Morgan fingerprint density at radius 3 is 2.89 bits per heavy atom. The number of nitrogens with zero attached hydrogens (tertiary/aromatic N) is 4. The van der Waals surface area contributed by atoms with Crippen molar-refractivity contribution in [3.05, 3.63) is 34.2 Å². The molecule has 0 radical (unpaired) electrons. The minimum atomic E-state index is -0.496. The van der Waals surface area contributed by atoms with E-state index >= 15 is 0 Å². The van der Waals surface area contributed by atoms with Gasteiger partial charge in [-0.2, -0.15) is 0 Å². The van der Waals surface area contributed by atoms with Crippen LogP contribution in [0, 0.1) is 17.0 Å². The van der Waals surface area contributed by atoms with Gasteiger partial charge in [0.05, 0.1) is 6.04 Å². The van der Waals surface area contributed by atoms with E-state index in [1.807, 2.05) is 6.92 Å². The molecule has 0 spiro atoms. The largest absolute Gasteiger partial charge is 0.406 e. The summed E-state index contributed by atoms with van der Waals surface area (Å²) >= 11 is 0. The third-order valence-corrected chi connectivity index (χ3v) is 2.76. The van der Waals surface area contributed by atoms with Crippen molar-refractivity contribution in [2.24, 2.45) is 7.05 Å². The molecule has 2 heterocycles. The van der Waals surface area contributed by atoms with Crippen LogP contribution in [-0.2, 0) is 7.05 Å². The number of imidazole rings is 2. The molecule has 0 aliphatic carbocycles. The van der Waals surface area contributed by atoms with Gasteiger partial charge in [0, 0.05) is 26.4 Å². The van der Waals surface area contributed by atoms with E-state index in [2.05, 4.69) is 20.3 Å². The number of anilines is 1. The van der Waals surface area contributed by atoms with Gasteiger partial charge in [-0.1, -0.05) is 0 Å². The Bertz CT molecular complexity index is 559. The average Bonchev–Trinajstić information content (AvgIpc) is 2.92. The van der Waals surface area contributed by atoms with E-state index in [1.165, 1.54) is 0 Å². The van der Waals surface area contributed by atoms with Crippen molar-refractivity contribution in [3.63, 3.8) is 0 Å². The van der Waals surface area contributed by atoms with Crippen LogP contribution >= 0.6 is 0 Å². The van der Waals surface area contributed by atoms with Crippen LogP contribution in [0.15, 0.2) is 12.4 Å². The molecule has 0 fully saturated rings. The van der Waals surface area contributed by atoms with Gasteiger partial charge in [0.2, 0.25) is 11.6 Å². The van der Waals surface area contributed by atoms with E-state index in [4.69, 9.17) is 0 Å². The molecule has 0 saturated heterocycles. The Balaban J connectivity index is 2.31. The summed E-state index contributed by atoms with van der Waals surface area (Å²) in [6.07, 6.45) is 3.34. The maximum absolute atomic E-state index is 10.9. The van der Waals surface area contributed by atoms with Gasteiger partial charge in [-0.05, 0) is 16.8 Å². The van der Waals surface area contributed by atoms with E-state index < -0.39 is 4.92 Å². The molecule has 2 N–H and O–H groups in total. The molecule has 0 amide bonds. The molecule has 0 saturated carbocycles. The lowest BCUT2D eigenvalue weighted by Gasteiger charge is -2.12. The second-order valence-electron chi connectivity index (χ2n) is 3.99. The molecular weight excluding hydrogens is 236 g/mol. The topological polar surface area (TPSA) is 102 Å². The SMILES string of the molecule is Cc1nc([N+](=O)[O-])c(NC(C)c2ncc[nH]2)n1C. The third-order valence-electron chi connectivity index (χ3n) is 2.76. The molecule has 2 aromatic rings. The Morgan fingerprint density at radius 1 is 1.61 bits per heavy atom. The van der Waals surface area contributed by atoms with Gasteiger partial charge in [0.15, 0.2) is 0 Å². The number of aryl methyl sites for hydroxylation is 1. The number of hydrogen-bond donors (Lipinski definition) is 2. The summed E-state index contributed by atoms with van der Waals surface area (Å²) < 4.78 is 1.65. The lowest BCUT2D eigenvalue weighted by atomic mass is 10.3. The zero-order chi connectivity index (χ0) is 13.3. The molecule has 8 nitrogen and oxygen atoms in total. The van der Waals surface area contributed by atoms with E-state index in [0.29, 0.717) is 17.5 Å². The normalized spacial score (nSPS) is 12.4. The van der Waals surface area contributed by atoms with Crippen LogP contribution in [-0.4, -0.2) is 24.4 Å². The number of aromatic amines is 1. The molecule has 0 aromatic carbocycles. The Kier molecular flexibility index (Phi) is 3.00. The second-order valence-corrected chi connectivity index (χ2v) is 3.99. The Labute approximate surface area is 103 Å². The monoisotopic (exact) mass is 250 g/mol. The van der Waals surface area contributed by atoms with Crippen LogP contribution in [0.3, 0.4) is 0 Å². The number of hydrogen-bond acceptors (Lipinski definition) is 5. The van der Waals surface area contributed by atoms with E-state index in [9.17, 15) is 10.1 Å². The van der Waals surface area contributed by atoms with Crippen molar-refractivity contribution in [2.45, 2.75) is 19.9 Å². The third kappa shape index (κ3) is 2.04. The summed E-state index contributed by atoms with van der Waals surface area (Å²) in [7, 11) is 1.73. The van der Waals surface area contributed by atoms with Crippen LogP contribution < -0.4 is 5.32 Å². The molecular formula is C10H14N6O2. The van der Waals surface area contributed by atoms with Crippen LogP contribution in [0.25, 0.3) is 0 Å². The fourth-order valence-electron chi connectivity index (χ4n) is 1.67. The first-order chi connectivity index (χ1) is 8.50. The fourth-order valence-corrected chi connectivity index (χ4v) is 1.67. The first-order valence-electron chi connectivity index (χ1n) is 5.44. The summed E-state index contributed by atoms with van der Waals surface area (Å²) in [5, 5.41) is 14.0. The maximum atomic E-state index is 10.9. The van der Waals surface area contributed by atoms with Crippen molar-refractivity contribution in [3.8, 4) is 0 Å². The van der Waals surface area contributed by atoms with Crippen LogP contribution in [0.5, 0.6) is 0 Å². The van der Waals surface area contributed by atoms with Gasteiger partial charge >= 0.3 is 5.82 Å². The van der Waals surface area contributed by atoms with E-state index in [1.54, 1.807) is 30.9 Å². The molecule has 0 aliphatic heterocycles. The highest BCUT2D eigenvalue weighted by atomic mass is 16.6. The standard InChI is InChI=1S/C10H14N6O2/c1-6(8-11-4-5-12-8)13-9-10(16(17)18)14-7(2)15(9)3/h4-6,13H,1-3H3,(H,11,12). The van der Waals surface area contributed by atoms with E-state index in [-0.39, 0.29) is 11.9 Å². The van der Waals surface area contributed by atoms with Gasteiger partial charge in [-0.3, -0.25) is 4.57 Å². The summed E-state index contributed by atoms with van der Waals surface area (Å²) in [6.45, 7) is 3.58. The minimum absolute atomic E-state index is 0.173. The highest BCUT2D eigenvalue weighted by molar-refractivity contribution is 5.54. The summed E-state index contributed by atoms with van der Waals surface area (Å²) in [4.78, 5) is 21.4. The van der Waals surface area contributed by atoms with Gasteiger partial charge in [0.25, 0.3) is 0 Å². The van der Waals surface area contributed by atoms with Crippen LogP contribution in [0.2, 0.25) is 0 Å². The summed E-state index contributed by atoms with van der Waals surface area (Å²) in [6, 6.07) is -0.173. The van der Waals surface area contributed by atoms with Gasteiger partial charge < -0.3 is 20.4 Å². The predicted octanol–water partition coefficient (Wildman–Crippen LogP) is 1.53. The minimum Gasteiger partial charge on any atom is -0.358 e. The van der Waals surface area contributed by atoms with E-state index in [0.717, 1.165) is 0 Å². The number of nitrogens with one attached hydrogen (secondary N) is 2. The highest BCUT2D eigenvalue weighted by Gasteiger charge is 2.25. The van der Waals surface area contributed by atoms with Gasteiger partial charge in [0.1, 0.15) is 5.82 Å². The predicted molar refractivity (Wildman–Crippen MR) is 65.2 cm³/mol. The Hall–Kier alpha value is -2.38. The molecule has 0 aliphatic rings. The zero-order valence-electron chi connectivity index (χ0n) is 10.3. The molecule has 2 rings (SSSR count). The fraction of sp³-hybridized carbons (Fsp3) is 0.400. The number of aromatic nitrogens is 4. The van der Waals surface area contributed by atoms with Crippen molar-refractivity contribution >= 4 is 11.6 Å². The highest BCUT2D eigenvalue weighted by Crippen LogP contribution is 2.26. The first kappa shape index (κ1) is 12.1. The molecule has 18 heavy (non-hydrogen) atoms. The molecule has 0 bridgehead atoms. The molecule has 1 unspecified atom stereocenters. The van der Waals surface area contributed by atoms with Crippen molar-refractivity contribution in [1.82, 2.24) is 19.5 Å². The molecule has 2 aromatic heterocycles. The van der Waals surface area contributed by atoms with Crippen molar-refractivity contribution < 1.29 is 4.92 Å². The second kappa shape index (κ2) is 4.47. The molecule has 96 valence electrons. The Morgan fingerprint density at radius 2 is 2.33 bits per heavy atom. The quantitative estimate of drug-likeness (QED) is 0.633. The lowest BCUT2D eigenvalue weighted by molar-refractivity contribution is -0.388. The summed E-state index contributed by atoms with van der Waals surface area (Å²) in [5.41, 5.74) is 0. The lowest BCUT2D eigenvalue weighted by Crippen LogP contribution is -2.12. The number of nitro groups is 1. The van der Waals surface area contributed by atoms with Crippen LogP contribution in [0.4, 0.5) is 11.6 Å². The first-order valence-corrected chi connectivity index (χ1v) is 5.44. The van der Waals surface area contributed by atoms with Gasteiger partial charge in [-0.25, -0.2) is 4.98 Å². The number of rotatable bonds is 4. The van der Waals surface area contributed by atoms with Gasteiger partial charge in [-0.15, -0.1) is 0 Å². The smallest absolute Gasteiger partial charge is 0.358 e. The summed E-state index contributed by atoms with van der Waals surface area (Å²) in [5.74, 6) is 1.49. The number of H-pyrrole nitrogens is 1. The molecule has 1 atom stereocenters. The average molecular weight is 250 g/mol. The zero-order valence-corrected chi connectivity index (χ0v) is 10.3.